The highest BCUT2D eigenvalue weighted by atomic mass is 79.9. The Morgan fingerprint density at radius 2 is 1.74 bits per heavy atom. The van der Waals surface area contributed by atoms with Gasteiger partial charge >= 0.3 is 0 Å². The molecule has 0 aromatic heterocycles. The van der Waals surface area contributed by atoms with Crippen LogP contribution in [0.25, 0.3) is 0 Å². The summed E-state index contributed by atoms with van der Waals surface area (Å²) in [7, 11) is 0. The SMILES string of the molecule is CC(=O)Nc1cccc(NC(=S)NC(=O)c2cc(Br)ccc2OC(C)C)c1. The first-order chi connectivity index (χ1) is 12.7. The second kappa shape index (κ2) is 9.48. The van der Waals surface area contributed by atoms with Crippen LogP contribution in [0.2, 0.25) is 0 Å². The van der Waals surface area contributed by atoms with Gasteiger partial charge in [-0.1, -0.05) is 22.0 Å². The minimum Gasteiger partial charge on any atom is -0.490 e. The lowest BCUT2D eigenvalue weighted by atomic mass is 10.2. The van der Waals surface area contributed by atoms with Gasteiger partial charge < -0.3 is 15.4 Å². The van der Waals surface area contributed by atoms with Gasteiger partial charge in [-0.2, -0.15) is 0 Å². The smallest absolute Gasteiger partial charge is 0.261 e. The van der Waals surface area contributed by atoms with Crippen molar-refractivity contribution in [2.45, 2.75) is 26.9 Å². The molecule has 2 rings (SSSR count). The molecular formula is C19H20BrN3O3S. The standard InChI is InChI=1S/C19H20BrN3O3S/c1-11(2)26-17-8-7-13(20)9-16(17)18(25)23-19(27)22-15-6-4-5-14(10-15)21-12(3)24/h4-11H,1-3H3,(H,21,24)(H2,22,23,25,27). The van der Waals surface area contributed by atoms with E-state index in [0.29, 0.717) is 22.7 Å². The molecule has 2 aromatic rings. The van der Waals surface area contributed by atoms with Crippen LogP contribution in [-0.4, -0.2) is 23.0 Å². The highest BCUT2D eigenvalue weighted by Crippen LogP contribution is 2.24. The van der Waals surface area contributed by atoms with Gasteiger partial charge in [0.25, 0.3) is 5.91 Å². The van der Waals surface area contributed by atoms with Crippen LogP contribution in [0, 0.1) is 0 Å². The van der Waals surface area contributed by atoms with Gasteiger partial charge in [0.1, 0.15) is 5.75 Å². The molecule has 0 saturated heterocycles. The van der Waals surface area contributed by atoms with Crippen molar-refractivity contribution in [1.29, 1.82) is 0 Å². The number of carbonyl (C=O) groups excluding carboxylic acids is 2. The maximum Gasteiger partial charge on any atom is 0.261 e. The number of thiocarbonyl (C=S) groups is 1. The van der Waals surface area contributed by atoms with E-state index in [0.717, 1.165) is 4.47 Å². The fourth-order valence-corrected chi connectivity index (χ4v) is 2.82. The molecule has 8 heteroatoms. The van der Waals surface area contributed by atoms with E-state index in [-0.39, 0.29) is 23.0 Å². The monoisotopic (exact) mass is 449 g/mol. The van der Waals surface area contributed by atoms with E-state index in [1.54, 1.807) is 42.5 Å². The van der Waals surface area contributed by atoms with Gasteiger partial charge in [0, 0.05) is 22.8 Å². The van der Waals surface area contributed by atoms with Crippen molar-refractivity contribution in [3.63, 3.8) is 0 Å². The molecule has 27 heavy (non-hydrogen) atoms. The van der Waals surface area contributed by atoms with Crippen molar-refractivity contribution in [3.8, 4) is 5.75 Å². The van der Waals surface area contributed by atoms with Crippen molar-refractivity contribution in [1.82, 2.24) is 5.32 Å². The number of rotatable bonds is 5. The zero-order valence-electron chi connectivity index (χ0n) is 15.1. The first-order valence-corrected chi connectivity index (χ1v) is 9.41. The Hall–Kier alpha value is -2.45. The third-order valence-electron chi connectivity index (χ3n) is 3.22. The quantitative estimate of drug-likeness (QED) is 0.592. The summed E-state index contributed by atoms with van der Waals surface area (Å²) in [4.78, 5) is 23.8. The third kappa shape index (κ3) is 6.65. The van der Waals surface area contributed by atoms with Gasteiger partial charge in [0.2, 0.25) is 5.91 Å². The van der Waals surface area contributed by atoms with Crippen molar-refractivity contribution in [3.05, 3.63) is 52.5 Å². The van der Waals surface area contributed by atoms with Gasteiger partial charge in [0.15, 0.2) is 5.11 Å². The third-order valence-corrected chi connectivity index (χ3v) is 3.91. The van der Waals surface area contributed by atoms with E-state index in [1.807, 2.05) is 13.8 Å². The van der Waals surface area contributed by atoms with Crippen LogP contribution >= 0.6 is 28.1 Å². The average molecular weight is 450 g/mol. The van der Waals surface area contributed by atoms with E-state index in [4.69, 9.17) is 17.0 Å². The Bertz CT molecular complexity index is 871. The summed E-state index contributed by atoms with van der Waals surface area (Å²) in [6, 6.07) is 12.2. The summed E-state index contributed by atoms with van der Waals surface area (Å²) >= 11 is 8.58. The van der Waals surface area contributed by atoms with Crippen molar-refractivity contribution in [2.75, 3.05) is 10.6 Å². The van der Waals surface area contributed by atoms with Gasteiger partial charge in [-0.15, -0.1) is 0 Å². The predicted molar refractivity (Wildman–Crippen MR) is 114 cm³/mol. The number of amides is 2. The number of ether oxygens (including phenoxy) is 1. The molecule has 6 nitrogen and oxygen atoms in total. The summed E-state index contributed by atoms with van der Waals surface area (Å²) in [5.74, 6) is -0.0843. The largest absolute Gasteiger partial charge is 0.490 e. The van der Waals surface area contributed by atoms with E-state index in [1.165, 1.54) is 6.92 Å². The lowest BCUT2D eigenvalue weighted by Gasteiger charge is -2.15. The molecule has 0 fully saturated rings. The van der Waals surface area contributed by atoms with Crippen LogP contribution in [0.1, 0.15) is 31.1 Å². The van der Waals surface area contributed by atoms with Gasteiger partial charge in [-0.25, -0.2) is 0 Å². The first kappa shape index (κ1) is 20.9. The Kier molecular flexibility index (Phi) is 7.32. The minimum absolute atomic E-state index is 0.0701. The highest BCUT2D eigenvalue weighted by molar-refractivity contribution is 9.10. The molecule has 0 spiro atoms. The molecule has 0 bridgehead atoms. The zero-order chi connectivity index (χ0) is 20.0. The van der Waals surface area contributed by atoms with Gasteiger partial charge in [0.05, 0.1) is 11.7 Å². The van der Waals surface area contributed by atoms with Crippen LogP contribution in [-0.2, 0) is 4.79 Å². The summed E-state index contributed by atoms with van der Waals surface area (Å²) in [6.07, 6.45) is -0.0701. The zero-order valence-corrected chi connectivity index (χ0v) is 17.5. The van der Waals surface area contributed by atoms with E-state index in [9.17, 15) is 9.59 Å². The molecule has 0 unspecified atom stereocenters. The van der Waals surface area contributed by atoms with Crippen LogP contribution < -0.4 is 20.7 Å². The molecule has 0 radical (unpaired) electrons. The summed E-state index contributed by atoms with van der Waals surface area (Å²) in [5.41, 5.74) is 1.63. The molecule has 142 valence electrons. The van der Waals surface area contributed by atoms with Gasteiger partial charge in [-0.3, -0.25) is 14.9 Å². The second-order valence-corrected chi connectivity index (χ2v) is 7.30. The van der Waals surface area contributed by atoms with E-state index < -0.39 is 0 Å². The lowest BCUT2D eigenvalue weighted by molar-refractivity contribution is -0.114. The van der Waals surface area contributed by atoms with Crippen molar-refractivity contribution < 1.29 is 14.3 Å². The van der Waals surface area contributed by atoms with Crippen LogP contribution in [0.4, 0.5) is 11.4 Å². The molecule has 0 heterocycles. The maximum absolute atomic E-state index is 12.6. The Labute approximate surface area is 171 Å². The number of carbonyl (C=O) groups is 2. The van der Waals surface area contributed by atoms with Crippen LogP contribution in [0.3, 0.4) is 0 Å². The number of halogens is 1. The Morgan fingerprint density at radius 1 is 1.07 bits per heavy atom. The first-order valence-electron chi connectivity index (χ1n) is 8.21. The predicted octanol–water partition coefficient (Wildman–Crippen LogP) is 4.32. The molecule has 0 aliphatic heterocycles. The number of benzene rings is 2. The topological polar surface area (TPSA) is 79.5 Å². The minimum atomic E-state index is -0.387. The highest BCUT2D eigenvalue weighted by Gasteiger charge is 2.16. The normalized spacial score (nSPS) is 10.3. The van der Waals surface area contributed by atoms with Crippen molar-refractivity contribution >= 4 is 56.4 Å². The van der Waals surface area contributed by atoms with Crippen LogP contribution in [0.5, 0.6) is 5.75 Å². The number of hydrogen-bond acceptors (Lipinski definition) is 4. The molecule has 0 aliphatic carbocycles. The molecule has 0 saturated carbocycles. The number of hydrogen-bond donors (Lipinski definition) is 3. The van der Waals surface area contributed by atoms with Gasteiger partial charge in [-0.05, 0) is 62.5 Å². The van der Waals surface area contributed by atoms with Crippen LogP contribution in [0.15, 0.2) is 46.9 Å². The van der Waals surface area contributed by atoms with E-state index in [2.05, 4.69) is 31.9 Å². The Balaban J connectivity index is 2.09. The second-order valence-electron chi connectivity index (χ2n) is 5.98. The number of nitrogens with one attached hydrogen (secondary N) is 3. The maximum atomic E-state index is 12.6. The molecule has 2 amide bonds. The fourth-order valence-electron chi connectivity index (χ4n) is 2.25. The Morgan fingerprint density at radius 3 is 2.37 bits per heavy atom. The fraction of sp³-hybridized carbons (Fsp3) is 0.211. The number of anilines is 2. The summed E-state index contributed by atoms with van der Waals surface area (Å²) < 4.78 is 6.44. The molecule has 0 aliphatic rings. The molecule has 3 N–H and O–H groups in total. The molecule has 0 atom stereocenters. The lowest BCUT2D eigenvalue weighted by Crippen LogP contribution is -2.34. The summed E-state index contributed by atoms with van der Waals surface area (Å²) in [6.45, 7) is 5.20. The average Bonchev–Trinajstić information content (AvgIpc) is 2.55. The van der Waals surface area contributed by atoms with Crippen molar-refractivity contribution in [2.24, 2.45) is 0 Å². The molecular weight excluding hydrogens is 430 g/mol. The van der Waals surface area contributed by atoms with E-state index >= 15 is 0 Å². The molecule has 2 aromatic carbocycles. The summed E-state index contributed by atoms with van der Waals surface area (Å²) in [5, 5.41) is 8.39.